The molecule has 0 bridgehead atoms. The SMILES string of the molecule is Cc1c(C=C2C(=O)Nc3cccc(-c4cccc(Cl)c4F)c32)[nH]c2c1C(=O)N(CCN1CCCCC1)CC2. The highest BCUT2D eigenvalue weighted by Crippen LogP contribution is 2.42. The van der Waals surface area contributed by atoms with E-state index in [-0.39, 0.29) is 16.8 Å². The summed E-state index contributed by atoms with van der Waals surface area (Å²) in [6.07, 6.45) is 6.28. The number of aromatic amines is 1. The lowest BCUT2D eigenvalue weighted by atomic mass is 9.93. The standard InChI is InChI=1S/C30H30ClFN4O2/c1-18-25(33-24-11-14-36(30(38)26(18)24)16-15-35-12-3-2-4-13-35)17-21-27-19(7-6-10-23(27)34-29(21)37)20-8-5-9-22(31)28(20)32/h5-10,17,33H,2-4,11-16H2,1H3,(H,34,37). The Morgan fingerprint density at radius 2 is 1.74 bits per heavy atom. The summed E-state index contributed by atoms with van der Waals surface area (Å²) in [6.45, 7) is 6.45. The molecule has 1 aromatic heterocycles. The molecule has 0 atom stereocenters. The number of hydrogen-bond acceptors (Lipinski definition) is 3. The van der Waals surface area contributed by atoms with E-state index in [0.29, 0.717) is 40.1 Å². The molecule has 3 aliphatic rings. The summed E-state index contributed by atoms with van der Waals surface area (Å²) in [4.78, 5) is 34.4. The van der Waals surface area contributed by atoms with E-state index in [2.05, 4.69) is 15.2 Å². The molecule has 0 aliphatic carbocycles. The van der Waals surface area contributed by atoms with Crippen LogP contribution in [0, 0.1) is 12.7 Å². The Labute approximate surface area is 226 Å². The second-order valence-corrected chi connectivity index (χ2v) is 10.7. The third-order valence-corrected chi connectivity index (χ3v) is 8.28. The second kappa shape index (κ2) is 10.0. The Balaban J connectivity index is 1.33. The smallest absolute Gasteiger partial charge is 0.256 e. The number of amides is 2. The highest BCUT2D eigenvalue weighted by molar-refractivity contribution is 6.36. The minimum atomic E-state index is -0.525. The Kier molecular flexibility index (Phi) is 6.58. The van der Waals surface area contributed by atoms with E-state index in [0.717, 1.165) is 49.6 Å². The molecule has 0 unspecified atom stereocenters. The van der Waals surface area contributed by atoms with Gasteiger partial charge in [-0.05, 0) is 62.2 Å². The molecule has 2 amide bonds. The number of rotatable bonds is 5. The fourth-order valence-electron chi connectivity index (χ4n) is 5.93. The van der Waals surface area contributed by atoms with Crippen molar-refractivity contribution in [3.05, 3.63) is 75.3 Å². The number of piperidine rings is 1. The molecule has 38 heavy (non-hydrogen) atoms. The van der Waals surface area contributed by atoms with Gasteiger partial charge in [0.15, 0.2) is 0 Å². The second-order valence-electron chi connectivity index (χ2n) is 10.3. The Morgan fingerprint density at radius 3 is 2.55 bits per heavy atom. The molecular formula is C30H30ClFN4O2. The van der Waals surface area contributed by atoms with Gasteiger partial charge in [0.25, 0.3) is 11.8 Å². The average molecular weight is 533 g/mol. The summed E-state index contributed by atoms with van der Waals surface area (Å²) in [5.74, 6) is -0.751. The number of likely N-dealkylation sites (tertiary alicyclic amines) is 1. The molecular weight excluding hydrogens is 503 g/mol. The van der Waals surface area contributed by atoms with Gasteiger partial charge in [-0.2, -0.15) is 0 Å². The van der Waals surface area contributed by atoms with Crippen LogP contribution in [0.25, 0.3) is 22.8 Å². The van der Waals surface area contributed by atoms with Gasteiger partial charge in [-0.3, -0.25) is 9.59 Å². The number of nitrogens with zero attached hydrogens (tertiary/aromatic N) is 2. The van der Waals surface area contributed by atoms with Crippen molar-refractivity contribution in [3.8, 4) is 11.1 Å². The molecule has 3 aliphatic heterocycles. The predicted molar refractivity (Wildman–Crippen MR) is 149 cm³/mol. The van der Waals surface area contributed by atoms with Crippen molar-refractivity contribution >= 4 is 40.8 Å². The van der Waals surface area contributed by atoms with Crippen molar-refractivity contribution < 1.29 is 14.0 Å². The minimum Gasteiger partial charge on any atom is -0.358 e. The van der Waals surface area contributed by atoms with Gasteiger partial charge >= 0.3 is 0 Å². The first-order valence-electron chi connectivity index (χ1n) is 13.3. The summed E-state index contributed by atoms with van der Waals surface area (Å²) < 4.78 is 15.0. The molecule has 2 N–H and O–H groups in total. The number of aromatic nitrogens is 1. The number of hydrogen-bond donors (Lipinski definition) is 2. The molecule has 4 heterocycles. The van der Waals surface area contributed by atoms with Crippen LogP contribution in [-0.4, -0.2) is 59.3 Å². The summed E-state index contributed by atoms with van der Waals surface area (Å²) in [5.41, 5.74) is 5.74. The quantitative estimate of drug-likeness (QED) is 0.411. The normalized spacial score (nSPS) is 18.6. The van der Waals surface area contributed by atoms with Crippen molar-refractivity contribution in [2.75, 3.05) is 38.0 Å². The Morgan fingerprint density at radius 1 is 0.974 bits per heavy atom. The van der Waals surface area contributed by atoms with Crippen LogP contribution in [0.3, 0.4) is 0 Å². The zero-order chi connectivity index (χ0) is 26.4. The number of carbonyl (C=O) groups excluding carboxylic acids is 2. The number of nitrogens with one attached hydrogen (secondary N) is 2. The van der Waals surface area contributed by atoms with E-state index in [4.69, 9.17) is 11.6 Å². The van der Waals surface area contributed by atoms with Crippen LogP contribution in [0.1, 0.15) is 52.1 Å². The molecule has 196 valence electrons. The van der Waals surface area contributed by atoms with Crippen molar-refractivity contribution in [2.45, 2.75) is 32.6 Å². The van der Waals surface area contributed by atoms with Crippen LogP contribution in [0.2, 0.25) is 5.02 Å². The van der Waals surface area contributed by atoms with E-state index in [9.17, 15) is 14.0 Å². The predicted octanol–water partition coefficient (Wildman–Crippen LogP) is 5.76. The zero-order valence-corrected chi connectivity index (χ0v) is 22.1. The largest absolute Gasteiger partial charge is 0.358 e. The monoisotopic (exact) mass is 532 g/mol. The van der Waals surface area contributed by atoms with Gasteiger partial charge in [-0.25, -0.2) is 4.39 Å². The lowest BCUT2D eigenvalue weighted by Gasteiger charge is -2.32. The number of halogens is 2. The summed E-state index contributed by atoms with van der Waals surface area (Å²) in [7, 11) is 0. The van der Waals surface area contributed by atoms with Gasteiger partial charge in [0.1, 0.15) is 5.82 Å². The van der Waals surface area contributed by atoms with E-state index in [1.807, 2.05) is 11.8 Å². The van der Waals surface area contributed by atoms with E-state index in [1.54, 1.807) is 36.4 Å². The van der Waals surface area contributed by atoms with Gasteiger partial charge in [0.05, 0.1) is 16.2 Å². The zero-order valence-electron chi connectivity index (χ0n) is 21.4. The van der Waals surface area contributed by atoms with Gasteiger partial charge in [-0.1, -0.05) is 42.3 Å². The summed E-state index contributed by atoms with van der Waals surface area (Å²) in [6, 6.07) is 10.2. The van der Waals surface area contributed by atoms with Crippen LogP contribution >= 0.6 is 11.6 Å². The number of anilines is 1. The molecule has 1 fully saturated rings. The van der Waals surface area contributed by atoms with Gasteiger partial charge in [-0.15, -0.1) is 0 Å². The summed E-state index contributed by atoms with van der Waals surface area (Å²) >= 11 is 6.06. The van der Waals surface area contributed by atoms with Crippen molar-refractivity contribution in [1.82, 2.24) is 14.8 Å². The fourth-order valence-corrected chi connectivity index (χ4v) is 6.11. The molecule has 1 saturated heterocycles. The maximum Gasteiger partial charge on any atom is 0.256 e. The molecule has 8 heteroatoms. The Hall–Kier alpha value is -3.42. The number of H-pyrrole nitrogens is 1. The fraction of sp³-hybridized carbons (Fsp3) is 0.333. The average Bonchev–Trinajstić information content (AvgIpc) is 3.42. The van der Waals surface area contributed by atoms with Crippen LogP contribution < -0.4 is 5.32 Å². The molecule has 6 nitrogen and oxygen atoms in total. The maximum atomic E-state index is 15.0. The first-order valence-corrected chi connectivity index (χ1v) is 13.6. The van der Waals surface area contributed by atoms with Crippen LogP contribution in [-0.2, 0) is 11.2 Å². The van der Waals surface area contributed by atoms with E-state index < -0.39 is 5.82 Å². The number of benzene rings is 2. The third kappa shape index (κ3) is 4.33. The molecule has 0 saturated carbocycles. The topological polar surface area (TPSA) is 68.4 Å². The van der Waals surface area contributed by atoms with Crippen LogP contribution in [0.5, 0.6) is 0 Å². The third-order valence-electron chi connectivity index (χ3n) is 7.99. The van der Waals surface area contributed by atoms with Crippen LogP contribution in [0.4, 0.5) is 10.1 Å². The molecule has 2 aromatic carbocycles. The molecule has 0 spiro atoms. The minimum absolute atomic E-state index is 0.0270. The first kappa shape index (κ1) is 24.9. The highest BCUT2D eigenvalue weighted by Gasteiger charge is 2.32. The Bertz CT molecular complexity index is 1470. The number of carbonyl (C=O) groups is 2. The van der Waals surface area contributed by atoms with E-state index in [1.165, 1.54) is 25.3 Å². The highest BCUT2D eigenvalue weighted by atomic mass is 35.5. The lowest BCUT2D eigenvalue weighted by Crippen LogP contribution is -2.43. The molecule has 0 radical (unpaired) electrons. The van der Waals surface area contributed by atoms with Crippen molar-refractivity contribution in [2.24, 2.45) is 0 Å². The van der Waals surface area contributed by atoms with Crippen molar-refractivity contribution in [1.29, 1.82) is 0 Å². The molecule has 3 aromatic rings. The van der Waals surface area contributed by atoms with Gasteiger partial charge < -0.3 is 20.1 Å². The summed E-state index contributed by atoms with van der Waals surface area (Å²) in [5, 5.41) is 2.93. The molecule has 6 rings (SSSR count). The van der Waals surface area contributed by atoms with Crippen molar-refractivity contribution in [3.63, 3.8) is 0 Å². The first-order chi connectivity index (χ1) is 18.4. The lowest BCUT2D eigenvalue weighted by molar-refractivity contribution is -0.110. The van der Waals surface area contributed by atoms with Gasteiger partial charge in [0.2, 0.25) is 0 Å². The maximum absolute atomic E-state index is 15.0. The number of fused-ring (bicyclic) bond motifs is 2. The van der Waals surface area contributed by atoms with E-state index >= 15 is 0 Å². The van der Waals surface area contributed by atoms with Gasteiger partial charge in [0, 0.05) is 54.3 Å². The van der Waals surface area contributed by atoms with Crippen LogP contribution in [0.15, 0.2) is 36.4 Å².